The second-order valence-electron chi connectivity index (χ2n) is 7.57. The number of anilines is 2. The van der Waals surface area contributed by atoms with E-state index < -0.39 is 16.0 Å². The lowest BCUT2D eigenvalue weighted by atomic mass is 9.87. The van der Waals surface area contributed by atoms with E-state index in [2.05, 4.69) is 4.72 Å². The zero-order valence-electron chi connectivity index (χ0n) is 16.9. The fourth-order valence-electron chi connectivity index (χ4n) is 3.44. The average Bonchev–Trinajstić information content (AvgIpc) is 2.93. The Kier molecular flexibility index (Phi) is 5.40. The summed E-state index contributed by atoms with van der Waals surface area (Å²) in [6.07, 6.45) is 0. The Morgan fingerprint density at radius 3 is 2.55 bits per heavy atom. The van der Waals surface area contributed by atoms with Crippen LogP contribution in [-0.2, 0) is 25.0 Å². The van der Waals surface area contributed by atoms with E-state index in [0.29, 0.717) is 6.54 Å². The van der Waals surface area contributed by atoms with Crippen molar-refractivity contribution in [2.75, 3.05) is 22.8 Å². The summed E-state index contributed by atoms with van der Waals surface area (Å²) in [4.78, 5) is 25.5. The first-order valence-electron chi connectivity index (χ1n) is 9.28. The summed E-state index contributed by atoms with van der Waals surface area (Å²) in [5, 5.41) is 0. The molecule has 0 aliphatic carbocycles. The lowest BCUT2D eigenvalue weighted by Crippen LogP contribution is -2.31. The van der Waals surface area contributed by atoms with Gasteiger partial charge >= 0.3 is 5.97 Å². The molecule has 0 radical (unpaired) electrons. The van der Waals surface area contributed by atoms with Crippen molar-refractivity contribution in [2.24, 2.45) is 0 Å². The number of amides is 1. The molecule has 0 fully saturated rings. The van der Waals surface area contributed by atoms with E-state index in [9.17, 15) is 18.0 Å². The zero-order valence-corrected chi connectivity index (χ0v) is 17.7. The Hall–Kier alpha value is -2.87. The summed E-state index contributed by atoms with van der Waals surface area (Å²) in [6, 6.07) is 10.9. The molecule has 1 aliphatic rings. The van der Waals surface area contributed by atoms with Crippen LogP contribution < -0.4 is 9.62 Å². The highest BCUT2D eigenvalue weighted by atomic mass is 32.2. The van der Waals surface area contributed by atoms with E-state index >= 15 is 0 Å². The smallest absolute Gasteiger partial charge is 0.338 e. The summed E-state index contributed by atoms with van der Waals surface area (Å²) < 4.78 is 33.3. The molecule has 0 unspecified atom stereocenters. The lowest BCUT2D eigenvalue weighted by molar-refractivity contribution is -0.116. The number of nitrogens with zero attached hydrogens (tertiary/aromatic N) is 1. The summed E-state index contributed by atoms with van der Waals surface area (Å²) >= 11 is 0. The molecule has 0 saturated heterocycles. The Morgan fingerprint density at radius 1 is 1.17 bits per heavy atom. The van der Waals surface area contributed by atoms with Crippen LogP contribution >= 0.6 is 0 Å². The number of nitrogens with one attached hydrogen (secondary N) is 1. The van der Waals surface area contributed by atoms with E-state index in [0.717, 1.165) is 11.3 Å². The minimum Gasteiger partial charge on any atom is -0.462 e. The molecule has 1 amide bonds. The maximum Gasteiger partial charge on any atom is 0.338 e. The molecule has 2 aromatic carbocycles. The normalized spacial score (nSPS) is 15.0. The van der Waals surface area contributed by atoms with Crippen molar-refractivity contribution in [3.8, 4) is 0 Å². The molecule has 29 heavy (non-hydrogen) atoms. The highest BCUT2D eigenvalue weighted by Gasteiger charge is 2.37. The molecule has 3 rings (SSSR count). The maximum absolute atomic E-state index is 12.9. The minimum atomic E-state index is -3.88. The largest absolute Gasteiger partial charge is 0.462 e. The Morgan fingerprint density at radius 2 is 1.90 bits per heavy atom. The fraction of sp³-hybridized carbons (Fsp3) is 0.333. The van der Waals surface area contributed by atoms with Gasteiger partial charge in [0, 0.05) is 30.3 Å². The van der Waals surface area contributed by atoms with Gasteiger partial charge in [0.2, 0.25) is 5.91 Å². The van der Waals surface area contributed by atoms with Gasteiger partial charge in [-0.15, -0.1) is 0 Å². The van der Waals surface area contributed by atoms with Crippen molar-refractivity contribution < 1.29 is 22.7 Å². The van der Waals surface area contributed by atoms with Gasteiger partial charge in [-0.2, -0.15) is 0 Å². The number of benzene rings is 2. The number of sulfonamides is 1. The first kappa shape index (κ1) is 20.9. The third-order valence-corrected chi connectivity index (χ3v) is 6.24. The van der Waals surface area contributed by atoms with Crippen molar-refractivity contribution >= 4 is 33.3 Å². The monoisotopic (exact) mass is 416 g/mol. The molecule has 1 aliphatic heterocycles. The van der Waals surface area contributed by atoms with Crippen LogP contribution in [0.4, 0.5) is 11.4 Å². The van der Waals surface area contributed by atoms with Crippen molar-refractivity contribution in [3.63, 3.8) is 0 Å². The highest BCUT2D eigenvalue weighted by Crippen LogP contribution is 2.41. The van der Waals surface area contributed by atoms with Crippen molar-refractivity contribution in [1.29, 1.82) is 0 Å². The molecular formula is C21H24N2O5S. The Labute approximate surface area is 170 Å². The van der Waals surface area contributed by atoms with Gasteiger partial charge in [0.05, 0.1) is 17.1 Å². The van der Waals surface area contributed by atoms with Crippen LogP contribution in [-0.4, -0.2) is 33.4 Å². The number of carbonyl (C=O) groups is 2. The number of hydrogen-bond donors (Lipinski definition) is 1. The number of ether oxygens (including phenoxy) is 1. The van der Waals surface area contributed by atoms with Crippen LogP contribution in [0, 0.1) is 0 Å². The Bertz CT molecular complexity index is 1080. The SMILES string of the molecule is CCOC(=O)c1cccc(NS(=O)(=O)c2ccc3c(c2)C(C)(C)CN3C(C)=O)c1. The molecule has 0 saturated carbocycles. The van der Waals surface area contributed by atoms with Gasteiger partial charge in [0.1, 0.15) is 0 Å². The maximum atomic E-state index is 12.9. The molecule has 7 nitrogen and oxygen atoms in total. The predicted molar refractivity (Wildman–Crippen MR) is 111 cm³/mol. The van der Waals surface area contributed by atoms with Crippen LogP contribution in [0.25, 0.3) is 0 Å². The summed E-state index contributed by atoms with van der Waals surface area (Å²) in [6.45, 7) is 7.87. The quantitative estimate of drug-likeness (QED) is 0.755. The Balaban J connectivity index is 1.93. The van der Waals surface area contributed by atoms with Crippen LogP contribution in [0.15, 0.2) is 47.4 Å². The third kappa shape index (κ3) is 4.12. The van der Waals surface area contributed by atoms with Gasteiger partial charge in [-0.05, 0) is 48.9 Å². The number of rotatable bonds is 5. The molecule has 8 heteroatoms. The van der Waals surface area contributed by atoms with E-state index in [4.69, 9.17) is 4.74 Å². The number of esters is 1. The van der Waals surface area contributed by atoms with E-state index in [-0.39, 0.29) is 34.1 Å². The minimum absolute atomic E-state index is 0.0821. The number of fused-ring (bicyclic) bond motifs is 1. The summed E-state index contributed by atoms with van der Waals surface area (Å²) in [5.41, 5.74) is 1.69. The number of carbonyl (C=O) groups excluding carboxylic acids is 2. The van der Waals surface area contributed by atoms with E-state index in [1.807, 2.05) is 13.8 Å². The summed E-state index contributed by atoms with van der Waals surface area (Å²) in [5.74, 6) is -0.599. The average molecular weight is 416 g/mol. The molecule has 154 valence electrons. The van der Waals surface area contributed by atoms with Gasteiger partial charge in [0.15, 0.2) is 0 Å². The van der Waals surface area contributed by atoms with Crippen LogP contribution in [0.3, 0.4) is 0 Å². The first-order valence-corrected chi connectivity index (χ1v) is 10.8. The molecule has 0 spiro atoms. The van der Waals surface area contributed by atoms with Gasteiger partial charge < -0.3 is 9.64 Å². The van der Waals surface area contributed by atoms with Crippen LogP contribution in [0.1, 0.15) is 43.6 Å². The highest BCUT2D eigenvalue weighted by molar-refractivity contribution is 7.92. The van der Waals surface area contributed by atoms with E-state index in [1.165, 1.54) is 19.1 Å². The van der Waals surface area contributed by atoms with E-state index in [1.54, 1.807) is 42.2 Å². The summed E-state index contributed by atoms with van der Waals surface area (Å²) in [7, 11) is -3.88. The molecule has 0 atom stereocenters. The second-order valence-corrected chi connectivity index (χ2v) is 9.26. The van der Waals surface area contributed by atoms with Gasteiger partial charge in [0.25, 0.3) is 10.0 Å². The van der Waals surface area contributed by atoms with Crippen molar-refractivity contribution in [3.05, 3.63) is 53.6 Å². The molecule has 0 aromatic heterocycles. The van der Waals surface area contributed by atoms with Crippen LogP contribution in [0.5, 0.6) is 0 Å². The van der Waals surface area contributed by atoms with Crippen molar-refractivity contribution in [1.82, 2.24) is 0 Å². The van der Waals surface area contributed by atoms with Crippen molar-refractivity contribution in [2.45, 2.75) is 38.0 Å². The number of hydrogen-bond acceptors (Lipinski definition) is 5. The molecular weight excluding hydrogens is 392 g/mol. The van der Waals surface area contributed by atoms with Crippen LogP contribution in [0.2, 0.25) is 0 Å². The fourth-order valence-corrected chi connectivity index (χ4v) is 4.52. The lowest BCUT2D eigenvalue weighted by Gasteiger charge is -2.19. The zero-order chi connectivity index (χ0) is 21.4. The topological polar surface area (TPSA) is 92.8 Å². The molecule has 1 heterocycles. The standard InChI is InChI=1S/C21H24N2O5S/c1-5-28-20(25)15-7-6-8-16(11-15)22-29(26,27)17-9-10-19-18(12-17)21(3,4)13-23(19)14(2)24/h6-12,22H,5,13H2,1-4H3. The predicted octanol–water partition coefficient (Wildman–Crippen LogP) is 3.31. The van der Waals surface area contributed by atoms with Gasteiger partial charge in [-0.1, -0.05) is 19.9 Å². The first-order chi connectivity index (χ1) is 13.5. The molecule has 0 bridgehead atoms. The third-order valence-electron chi connectivity index (χ3n) is 4.86. The second kappa shape index (κ2) is 7.51. The van der Waals surface area contributed by atoms with Gasteiger partial charge in [-0.3, -0.25) is 9.52 Å². The van der Waals surface area contributed by atoms with Gasteiger partial charge in [-0.25, -0.2) is 13.2 Å². The molecule has 1 N–H and O–H groups in total. The molecule has 2 aromatic rings.